The van der Waals surface area contributed by atoms with Crippen LogP contribution in [0.15, 0.2) is 11.6 Å². The summed E-state index contributed by atoms with van der Waals surface area (Å²) in [4.78, 5) is 0.496. The first-order chi connectivity index (χ1) is 6.00. The van der Waals surface area contributed by atoms with Crippen LogP contribution in [0.1, 0.15) is 20.3 Å². The first-order valence-electron chi connectivity index (χ1n) is 4.63. The van der Waals surface area contributed by atoms with Crippen molar-refractivity contribution in [2.75, 3.05) is 6.61 Å². The Morgan fingerprint density at radius 1 is 1.62 bits per heavy atom. The third kappa shape index (κ3) is 1.69. The zero-order valence-corrected chi connectivity index (χ0v) is 10.2. The van der Waals surface area contributed by atoms with E-state index in [0.717, 1.165) is 6.42 Å². The van der Waals surface area contributed by atoms with Crippen molar-refractivity contribution in [1.29, 1.82) is 0 Å². The minimum atomic E-state index is 0.101. The summed E-state index contributed by atoms with van der Waals surface area (Å²) in [5.41, 5.74) is 1.49. The lowest BCUT2D eigenvalue weighted by Crippen LogP contribution is -2.33. The topological polar surface area (TPSA) is 9.23 Å². The molecule has 13 heavy (non-hydrogen) atoms. The first kappa shape index (κ1) is 10.0. The van der Waals surface area contributed by atoms with Crippen molar-refractivity contribution in [2.24, 2.45) is 5.41 Å². The summed E-state index contributed by atoms with van der Waals surface area (Å²) < 4.78 is 5.60. The van der Waals surface area contributed by atoms with Gasteiger partial charge >= 0.3 is 0 Å². The van der Waals surface area contributed by atoms with Gasteiger partial charge in [0.05, 0.1) is 18.1 Å². The van der Waals surface area contributed by atoms with Gasteiger partial charge in [0.25, 0.3) is 0 Å². The molecule has 0 bridgehead atoms. The standard InChI is InChI=1S/C10H14BrClO/c1-10(2)4-6-7(12)5-13-8(6)3-9(10)11/h4,7-9H,3,5H2,1-2H3/t7-,8+,9-/m1/s1. The van der Waals surface area contributed by atoms with Crippen LogP contribution in [0.5, 0.6) is 0 Å². The van der Waals surface area contributed by atoms with Gasteiger partial charge in [0.2, 0.25) is 0 Å². The van der Waals surface area contributed by atoms with Gasteiger partial charge in [-0.1, -0.05) is 35.9 Å². The summed E-state index contributed by atoms with van der Waals surface area (Å²) in [6.07, 6.45) is 3.59. The van der Waals surface area contributed by atoms with Crippen molar-refractivity contribution in [1.82, 2.24) is 0 Å². The smallest absolute Gasteiger partial charge is 0.0812 e. The summed E-state index contributed by atoms with van der Waals surface area (Å²) in [6, 6.07) is 0. The number of fused-ring (bicyclic) bond motifs is 1. The molecule has 0 aromatic rings. The Labute approximate surface area is 92.6 Å². The van der Waals surface area contributed by atoms with Crippen LogP contribution in [0.4, 0.5) is 0 Å². The van der Waals surface area contributed by atoms with Gasteiger partial charge in [0.1, 0.15) is 0 Å². The van der Waals surface area contributed by atoms with Crippen LogP contribution in [-0.4, -0.2) is 22.9 Å². The highest BCUT2D eigenvalue weighted by Crippen LogP contribution is 2.43. The van der Waals surface area contributed by atoms with E-state index >= 15 is 0 Å². The van der Waals surface area contributed by atoms with Gasteiger partial charge in [-0.25, -0.2) is 0 Å². The number of allylic oxidation sites excluding steroid dienone is 1. The quantitative estimate of drug-likeness (QED) is 0.483. The average Bonchev–Trinajstić information content (AvgIpc) is 2.34. The molecule has 3 heteroatoms. The summed E-state index contributed by atoms with van der Waals surface area (Å²) >= 11 is 9.85. The Hall–Kier alpha value is 0.470. The molecular weight excluding hydrogens is 251 g/mol. The fourth-order valence-electron chi connectivity index (χ4n) is 1.99. The number of hydrogen-bond acceptors (Lipinski definition) is 1. The van der Waals surface area contributed by atoms with E-state index in [1.165, 1.54) is 5.57 Å². The van der Waals surface area contributed by atoms with Gasteiger partial charge in [-0.15, -0.1) is 11.6 Å². The Morgan fingerprint density at radius 2 is 2.31 bits per heavy atom. The van der Waals surface area contributed by atoms with Crippen LogP contribution in [0.2, 0.25) is 0 Å². The Balaban J connectivity index is 2.31. The van der Waals surface area contributed by atoms with Crippen LogP contribution >= 0.6 is 27.5 Å². The van der Waals surface area contributed by atoms with Crippen molar-refractivity contribution >= 4 is 27.5 Å². The summed E-state index contributed by atoms with van der Waals surface area (Å²) in [5, 5.41) is 0.101. The fourth-order valence-corrected chi connectivity index (χ4v) is 2.74. The lowest BCUT2D eigenvalue weighted by Gasteiger charge is -2.35. The summed E-state index contributed by atoms with van der Waals surface area (Å²) in [7, 11) is 0. The molecule has 0 unspecified atom stereocenters. The predicted molar refractivity (Wildman–Crippen MR) is 58.6 cm³/mol. The predicted octanol–water partition coefficient (Wildman–Crippen LogP) is 3.11. The van der Waals surface area contributed by atoms with E-state index in [0.29, 0.717) is 11.4 Å². The van der Waals surface area contributed by atoms with E-state index in [-0.39, 0.29) is 16.9 Å². The van der Waals surface area contributed by atoms with Crippen LogP contribution in [0.25, 0.3) is 0 Å². The van der Waals surface area contributed by atoms with Crippen LogP contribution in [0.3, 0.4) is 0 Å². The highest BCUT2D eigenvalue weighted by Gasteiger charge is 2.40. The van der Waals surface area contributed by atoms with E-state index < -0.39 is 0 Å². The molecule has 1 fully saturated rings. The first-order valence-corrected chi connectivity index (χ1v) is 5.98. The van der Waals surface area contributed by atoms with Gasteiger partial charge in [-0.2, -0.15) is 0 Å². The normalized spacial score (nSPS) is 42.8. The number of halogens is 2. The van der Waals surface area contributed by atoms with Crippen molar-refractivity contribution in [3.63, 3.8) is 0 Å². The van der Waals surface area contributed by atoms with E-state index in [1.54, 1.807) is 0 Å². The highest BCUT2D eigenvalue weighted by atomic mass is 79.9. The molecule has 0 aromatic carbocycles. The molecule has 1 aliphatic heterocycles. The SMILES string of the molecule is CC1(C)C=C2[C@H](Cl)CO[C@H]2C[C@H]1Br. The molecule has 0 saturated carbocycles. The third-order valence-electron chi connectivity index (χ3n) is 2.94. The van der Waals surface area contributed by atoms with Crippen LogP contribution in [0, 0.1) is 5.41 Å². The molecule has 1 nitrogen and oxygen atoms in total. The molecule has 74 valence electrons. The Bertz CT molecular complexity index is 249. The summed E-state index contributed by atoms with van der Waals surface area (Å²) in [6.45, 7) is 5.14. The molecule has 1 heterocycles. The largest absolute Gasteiger partial charge is 0.372 e. The minimum Gasteiger partial charge on any atom is -0.372 e. The number of alkyl halides is 2. The molecule has 0 aromatic heterocycles. The maximum absolute atomic E-state index is 6.15. The van der Waals surface area contributed by atoms with E-state index in [4.69, 9.17) is 16.3 Å². The zero-order valence-electron chi connectivity index (χ0n) is 7.89. The molecule has 1 aliphatic carbocycles. The van der Waals surface area contributed by atoms with E-state index in [1.807, 2.05) is 0 Å². The lowest BCUT2D eigenvalue weighted by atomic mass is 9.78. The molecule has 0 spiro atoms. The van der Waals surface area contributed by atoms with Crippen molar-refractivity contribution in [3.05, 3.63) is 11.6 Å². The second-order valence-corrected chi connectivity index (χ2v) is 6.09. The molecule has 2 aliphatic rings. The number of ether oxygens (including phenoxy) is 1. The second kappa shape index (κ2) is 3.25. The number of rotatable bonds is 0. The van der Waals surface area contributed by atoms with E-state index in [9.17, 15) is 0 Å². The van der Waals surface area contributed by atoms with Gasteiger partial charge in [0, 0.05) is 4.83 Å². The summed E-state index contributed by atoms with van der Waals surface area (Å²) in [5.74, 6) is 0. The highest BCUT2D eigenvalue weighted by molar-refractivity contribution is 9.09. The molecular formula is C10H14BrClO. The maximum Gasteiger partial charge on any atom is 0.0812 e. The lowest BCUT2D eigenvalue weighted by molar-refractivity contribution is 0.107. The second-order valence-electron chi connectivity index (χ2n) is 4.46. The fraction of sp³-hybridized carbons (Fsp3) is 0.800. The zero-order chi connectivity index (χ0) is 9.64. The average molecular weight is 266 g/mol. The molecule has 1 saturated heterocycles. The number of hydrogen-bond donors (Lipinski definition) is 0. The molecule has 0 amide bonds. The maximum atomic E-state index is 6.15. The van der Waals surface area contributed by atoms with Crippen LogP contribution in [-0.2, 0) is 4.74 Å². The minimum absolute atomic E-state index is 0.101. The molecule has 2 rings (SSSR count). The molecule has 0 radical (unpaired) electrons. The Kier molecular flexibility index (Phi) is 2.50. The van der Waals surface area contributed by atoms with E-state index in [2.05, 4.69) is 35.9 Å². The van der Waals surface area contributed by atoms with Crippen molar-refractivity contribution < 1.29 is 4.74 Å². The van der Waals surface area contributed by atoms with Gasteiger partial charge in [-0.05, 0) is 17.4 Å². The monoisotopic (exact) mass is 264 g/mol. The molecule has 0 N–H and O–H groups in total. The van der Waals surface area contributed by atoms with Crippen molar-refractivity contribution in [2.45, 2.75) is 36.6 Å². The van der Waals surface area contributed by atoms with Gasteiger partial charge in [0.15, 0.2) is 0 Å². The van der Waals surface area contributed by atoms with Gasteiger partial charge in [-0.3, -0.25) is 0 Å². The van der Waals surface area contributed by atoms with Crippen LogP contribution < -0.4 is 0 Å². The Morgan fingerprint density at radius 3 is 3.00 bits per heavy atom. The van der Waals surface area contributed by atoms with Gasteiger partial charge < -0.3 is 4.74 Å². The molecule has 3 atom stereocenters. The third-order valence-corrected chi connectivity index (χ3v) is 4.88. The van der Waals surface area contributed by atoms with Crippen molar-refractivity contribution in [3.8, 4) is 0 Å².